The Labute approximate surface area is 127 Å². The lowest BCUT2D eigenvalue weighted by molar-refractivity contribution is 0.318. The molecule has 1 aliphatic rings. The predicted octanol–water partition coefficient (Wildman–Crippen LogP) is 2.01. The molecule has 5 nitrogen and oxygen atoms in total. The minimum atomic E-state index is 0.168. The molecule has 0 radical (unpaired) electrons. The van der Waals surface area contributed by atoms with Gasteiger partial charge < -0.3 is 20.7 Å². The van der Waals surface area contributed by atoms with E-state index in [1.165, 1.54) is 12.1 Å². The van der Waals surface area contributed by atoms with Crippen LogP contribution in [0, 0.1) is 6.92 Å². The average Bonchev–Trinajstić information content (AvgIpc) is 2.67. The minimum absolute atomic E-state index is 0.168. The van der Waals surface area contributed by atoms with Crippen LogP contribution in [0.5, 0.6) is 0 Å². The third kappa shape index (κ3) is 3.47. The van der Waals surface area contributed by atoms with Crippen molar-refractivity contribution in [2.45, 2.75) is 32.7 Å². The van der Waals surface area contributed by atoms with Gasteiger partial charge in [-0.15, -0.1) is 0 Å². The van der Waals surface area contributed by atoms with Gasteiger partial charge in [0.05, 0.1) is 0 Å². The maximum atomic E-state index is 8.82. The maximum Gasteiger partial charge on any atom is 0.170 e. The average molecular weight is 290 g/mol. The van der Waals surface area contributed by atoms with Crippen LogP contribution in [0.4, 0.5) is 5.69 Å². The molecule has 116 valence electrons. The van der Waals surface area contributed by atoms with Gasteiger partial charge in [0.25, 0.3) is 0 Å². The van der Waals surface area contributed by atoms with Crippen molar-refractivity contribution < 1.29 is 5.21 Å². The lowest BCUT2D eigenvalue weighted by atomic mass is 10.0. The second-order valence-corrected chi connectivity index (χ2v) is 5.86. The first-order chi connectivity index (χ1) is 10.1. The molecule has 1 aromatic rings. The predicted molar refractivity (Wildman–Crippen MR) is 87.2 cm³/mol. The van der Waals surface area contributed by atoms with Gasteiger partial charge in [0.15, 0.2) is 5.84 Å². The highest BCUT2D eigenvalue weighted by molar-refractivity contribution is 5.98. The summed E-state index contributed by atoms with van der Waals surface area (Å²) in [6.45, 7) is 7.56. The summed E-state index contributed by atoms with van der Waals surface area (Å²) in [4.78, 5) is 4.90. The second kappa shape index (κ2) is 6.80. The maximum absolute atomic E-state index is 8.82. The van der Waals surface area contributed by atoms with Crippen molar-refractivity contribution in [1.29, 1.82) is 0 Å². The smallest absolute Gasteiger partial charge is 0.170 e. The summed E-state index contributed by atoms with van der Waals surface area (Å²) in [7, 11) is 2.19. The van der Waals surface area contributed by atoms with Crippen molar-refractivity contribution >= 4 is 11.5 Å². The molecule has 0 bridgehead atoms. The second-order valence-electron chi connectivity index (χ2n) is 5.86. The van der Waals surface area contributed by atoms with Crippen LogP contribution in [0.2, 0.25) is 0 Å². The Balaban J connectivity index is 2.29. The van der Waals surface area contributed by atoms with E-state index in [1.54, 1.807) is 0 Å². The van der Waals surface area contributed by atoms with E-state index in [0.29, 0.717) is 6.04 Å². The number of likely N-dealkylation sites (N-methyl/N-ethyl adjacent to an activating group) is 1. The number of rotatable bonds is 3. The number of amidine groups is 1. The van der Waals surface area contributed by atoms with E-state index in [-0.39, 0.29) is 5.84 Å². The highest BCUT2D eigenvalue weighted by Gasteiger charge is 2.22. The van der Waals surface area contributed by atoms with Gasteiger partial charge >= 0.3 is 0 Å². The van der Waals surface area contributed by atoms with Crippen molar-refractivity contribution in [1.82, 2.24) is 4.90 Å². The molecule has 0 saturated carbocycles. The lowest BCUT2D eigenvalue weighted by Crippen LogP contribution is -2.39. The fraction of sp³-hybridized carbons (Fsp3) is 0.562. The van der Waals surface area contributed by atoms with Crippen LogP contribution in [-0.2, 0) is 0 Å². The molecule has 21 heavy (non-hydrogen) atoms. The van der Waals surface area contributed by atoms with E-state index in [1.807, 2.05) is 13.0 Å². The number of anilines is 1. The zero-order chi connectivity index (χ0) is 15.4. The highest BCUT2D eigenvalue weighted by Crippen LogP contribution is 2.24. The number of oxime groups is 1. The standard InChI is InChI=1S/C16H26N4O/c1-4-13-11-19(3)8-5-9-20(13)14-6-7-15(12(2)10-14)16(17)18-21/h6-7,10,13,21H,4-5,8-9,11H2,1-3H3,(H2,17,18). The van der Waals surface area contributed by atoms with E-state index >= 15 is 0 Å². The number of aryl methyl sites for hydroxylation is 1. The van der Waals surface area contributed by atoms with Crippen LogP contribution in [-0.4, -0.2) is 48.7 Å². The summed E-state index contributed by atoms with van der Waals surface area (Å²) in [6.07, 6.45) is 2.30. The molecule has 0 spiro atoms. The molecule has 0 aliphatic carbocycles. The van der Waals surface area contributed by atoms with Crippen LogP contribution in [0.1, 0.15) is 30.9 Å². The molecule has 0 amide bonds. The van der Waals surface area contributed by atoms with E-state index in [9.17, 15) is 0 Å². The Morgan fingerprint density at radius 2 is 2.19 bits per heavy atom. The van der Waals surface area contributed by atoms with Gasteiger partial charge in [-0.25, -0.2) is 0 Å². The molecule has 2 rings (SSSR count). The zero-order valence-corrected chi connectivity index (χ0v) is 13.2. The van der Waals surface area contributed by atoms with Crippen molar-refractivity contribution in [3.05, 3.63) is 29.3 Å². The molecule has 1 heterocycles. The van der Waals surface area contributed by atoms with E-state index in [0.717, 1.165) is 37.2 Å². The van der Waals surface area contributed by atoms with E-state index in [2.05, 4.69) is 41.1 Å². The lowest BCUT2D eigenvalue weighted by Gasteiger charge is -2.32. The van der Waals surface area contributed by atoms with Crippen LogP contribution >= 0.6 is 0 Å². The molecule has 1 aromatic carbocycles. The molecular formula is C16H26N4O. The Bertz CT molecular complexity index is 515. The van der Waals surface area contributed by atoms with Gasteiger partial charge in [-0.3, -0.25) is 0 Å². The first-order valence-electron chi connectivity index (χ1n) is 7.60. The molecule has 1 fully saturated rings. The van der Waals surface area contributed by atoms with Crippen LogP contribution < -0.4 is 10.6 Å². The van der Waals surface area contributed by atoms with Gasteiger partial charge in [0.2, 0.25) is 0 Å². The first kappa shape index (κ1) is 15.6. The third-order valence-electron chi connectivity index (χ3n) is 4.30. The van der Waals surface area contributed by atoms with Gasteiger partial charge in [0, 0.05) is 30.4 Å². The van der Waals surface area contributed by atoms with Crippen LogP contribution in [0.15, 0.2) is 23.4 Å². The number of hydrogen-bond acceptors (Lipinski definition) is 4. The Morgan fingerprint density at radius 1 is 1.43 bits per heavy atom. The summed E-state index contributed by atoms with van der Waals surface area (Å²) in [6, 6.07) is 6.70. The Morgan fingerprint density at radius 3 is 2.81 bits per heavy atom. The molecule has 1 unspecified atom stereocenters. The molecule has 0 aromatic heterocycles. The van der Waals surface area contributed by atoms with Gasteiger partial charge in [-0.2, -0.15) is 0 Å². The monoisotopic (exact) mass is 290 g/mol. The number of benzene rings is 1. The van der Waals surface area contributed by atoms with E-state index < -0.39 is 0 Å². The molecule has 1 saturated heterocycles. The molecule has 5 heteroatoms. The molecule has 3 N–H and O–H groups in total. The van der Waals surface area contributed by atoms with Crippen LogP contribution in [0.3, 0.4) is 0 Å². The molecule has 1 atom stereocenters. The first-order valence-corrected chi connectivity index (χ1v) is 7.60. The summed E-state index contributed by atoms with van der Waals surface area (Å²) in [5.74, 6) is 0.168. The molecule has 1 aliphatic heterocycles. The third-order valence-corrected chi connectivity index (χ3v) is 4.30. The number of nitrogens with zero attached hydrogens (tertiary/aromatic N) is 3. The van der Waals surface area contributed by atoms with Crippen molar-refractivity contribution in [2.24, 2.45) is 10.9 Å². The Hall–Kier alpha value is -1.75. The summed E-state index contributed by atoms with van der Waals surface area (Å²) >= 11 is 0. The van der Waals surface area contributed by atoms with Crippen molar-refractivity contribution in [3.8, 4) is 0 Å². The van der Waals surface area contributed by atoms with Gasteiger partial charge in [0.1, 0.15) is 0 Å². The quantitative estimate of drug-likeness (QED) is 0.387. The number of nitrogens with two attached hydrogens (primary N) is 1. The summed E-state index contributed by atoms with van der Waals surface area (Å²) in [5.41, 5.74) is 8.76. The summed E-state index contributed by atoms with van der Waals surface area (Å²) in [5, 5.41) is 11.9. The Kier molecular flexibility index (Phi) is 5.07. The van der Waals surface area contributed by atoms with Crippen LogP contribution in [0.25, 0.3) is 0 Å². The normalized spacial score (nSPS) is 21.4. The number of hydrogen-bond donors (Lipinski definition) is 2. The SMILES string of the molecule is CCC1CN(C)CCCN1c1ccc(/C(N)=N/O)c(C)c1. The van der Waals surface area contributed by atoms with Crippen molar-refractivity contribution in [2.75, 3.05) is 31.6 Å². The largest absolute Gasteiger partial charge is 0.409 e. The van der Waals surface area contributed by atoms with Gasteiger partial charge in [-0.05, 0) is 57.1 Å². The zero-order valence-electron chi connectivity index (χ0n) is 13.2. The fourth-order valence-corrected chi connectivity index (χ4v) is 3.10. The molecular weight excluding hydrogens is 264 g/mol. The highest BCUT2D eigenvalue weighted by atomic mass is 16.4. The topological polar surface area (TPSA) is 65.1 Å². The summed E-state index contributed by atoms with van der Waals surface area (Å²) < 4.78 is 0. The minimum Gasteiger partial charge on any atom is -0.409 e. The van der Waals surface area contributed by atoms with Gasteiger partial charge in [-0.1, -0.05) is 12.1 Å². The fourth-order valence-electron chi connectivity index (χ4n) is 3.10. The van der Waals surface area contributed by atoms with Crippen molar-refractivity contribution in [3.63, 3.8) is 0 Å². The van der Waals surface area contributed by atoms with E-state index in [4.69, 9.17) is 10.9 Å².